The average Bonchev–Trinajstić information content (AvgIpc) is 3.00. The van der Waals surface area contributed by atoms with E-state index in [0.717, 1.165) is 16.5 Å². The summed E-state index contributed by atoms with van der Waals surface area (Å²) in [5.74, 6) is 0.272. The molecule has 158 valence electrons. The topological polar surface area (TPSA) is 65.3 Å². The van der Waals surface area contributed by atoms with Crippen LogP contribution >= 0.6 is 0 Å². The van der Waals surface area contributed by atoms with Gasteiger partial charge in [-0.3, -0.25) is 14.3 Å². The molecule has 31 heavy (non-hydrogen) atoms. The van der Waals surface area contributed by atoms with E-state index in [1.807, 2.05) is 86.6 Å². The molecule has 0 radical (unpaired) electrons. The van der Waals surface area contributed by atoms with Crippen LogP contribution in [0, 0.1) is 6.92 Å². The van der Waals surface area contributed by atoms with Crippen LogP contribution in [-0.4, -0.2) is 21.4 Å². The minimum Gasteiger partial charge on any atom is -0.481 e. The summed E-state index contributed by atoms with van der Waals surface area (Å²) < 4.78 is 9.25. The van der Waals surface area contributed by atoms with Gasteiger partial charge < -0.3 is 10.1 Å². The van der Waals surface area contributed by atoms with Crippen molar-refractivity contribution in [2.24, 2.45) is 7.05 Å². The van der Waals surface area contributed by atoms with Crippen LogP contribution in [0.4, 0.5) is 5.69 Å². The number of anilines is 1. The van der Waals surface area contributed by atoms with Gasteiger partial charge in [0.15, 0.2) is 6.10 Å². The summed E-state index contributed by atoms with van der Waals surface area (Å²) in [7, 11) is 1.79. The Morgan fingerprint density at radius 3 is 2.39 bits per heavy atom. The summed E-state index contributed by atoms with van der Waals surface area (Å²) in [4.78, 5) is 26.0. The summed E-state index contributed by atoms with van der Waals surface area (Å²) in [6.07, 6.45) is -0.248. The quantitative estimate of drug-likeness (QED) is 0.507. The molecule has 0 aliphatic heterocycles. The molecule has 3 aromatic carbocycles. The molecule has 1 heterocycles. The number of para-hydroxylation sites is 1. The van der Waals surface area contributed by atoms with Crippen LogP contribution in [0.5, 0.6) is 5.75 Å². The van der Waals surface area contributed by atoms with Gasteiger partial charge in [-0.25, -0.2) is 4.68 Å². The number of fused-ring (bicyclic) bond motifs is 1. The second-order valence-corrected chi connectivity index (χ2v) is 7.45. The second kappa shape index (κ2) is 8.52. The van der Waals surface area contributed by atoms with Gasteiger partial charge in [-0.15, -0.1) is 0 Å². The highest BCUT2D eigenvalue weighted by atomic mass is 16.5. The van der Waals surface area contributed by atoms with Crippen molar-refractivity contribution in [3.63, 3.8) is 0 Å². The van der Waals surface area contributed by atoms with E-state index < -0.39 is 6.10 Å². The molecule has 1 amide bonds. The molecule has 1 aromatic heterocycles. The smallest absolute Gasteiger partial charge is 0.295 e. The molecule has 0 unspecified atom stereocenters. The molecular formula is C25H25N3O3. The number of nitrogens with zero attached hydrogens (tertiary/aromatic N) is 2. The number of ether oxygens (including phenoxy) is 1. The maximum absolute atomic E-state index is 13.0. The summed E-state index contributed by atoms with van der Waals surface area (Å²) in [6.45, 7) is 3.69. The van der Waals surface area contributed by atoms with Gasteiger partial charge in [0.05, 0.1) is 11.4 Å². The SMILES string of the molecule is CC[C@@H](Oc1ccc2ccccc2c1)C(=O)Nc1c(C)n(C)n(-c2ccccc2)c1=O. The van der Waals surface area contributed by atoms with E-state index in [4.69, 9.17) is 4.74 Å². The molecule has 6 heteroatoms. The van der Waals surface area contributed by atoms with Crippen LogP contribution < -0.4 is 15.6 Å². The van der Waals surface area contributed by atoms with Gasteiger partial charge in [0.1, 0.15) is 11.4 Å². The Bertz CT molecular complexity index is 1290. The minimum atomic E-state index is -0.717. The van der Waals surface area contributed by atoms with Crippen molar-refractivity contribution in [1.82, 2.24) is 9.36 Å². The predicted molar refractivity (Wildman–Crippen MR) is 123 cm³/mol. The number of carbonyl (C=O) groups is 1. The fourth-order valence-electron chi connectivity index (χ4n) is 3.64. The van der Waals surface area contributed by atoms with Crippen molar-refractivity contribution in [2.75, 3.05) is 5.32 Å². The molecule has 0 spiro atoms. The Balaban J connectivity index is 1.58. The van der Waals surface area contributed by atoms with Gasteiger partial charge in [-0.1, -0.05) is 55.5 Å². The molecule has 4 rings (SSSR count). The molecule has 1 atom stereocenters. The summed E-state index contributed by atoms with van der Waals surface area (Å²) in [5.41, 5.74) is 1.39. The molecule has 6 nitrogen and oxygen atoms in total. The lowest BCUT2D eigenvalue weighted by Gasteiger charge is -2.17. The minimum absolute atomic E-state index is 0.261. The predicted octanol–water partition coefficient (Wildman–Crippen LogP) is 4.43. The average molecular weight is 415 g/mol. The number of hydrogen-bond donors (Lipinski definition) is 1. The number of carbonyl (C=O) groups excluding carboxylic acids is 1. The first-order valence-corrected chi connectivity index (χ1v) is 10.3. The summed E-state index contributed by atoms with van der Waals surface area (Å²) >= 11 is 0. The summed E-state index contributed by atoms with van der Waals surface area (Å²) in [5, 5.41) is 4.95. The first-order valence-electron chi connectivity index (χ1n) is 10.3. The molecule has 0 saturated heterocycles. The number of benzene rings is 3. The normalized spacial score (nSPS) is 12.0. The third kappa shape index (κ3) is 3.97. The van der Waals surface area contributed by atoms with Gasteiger partial charge in [-0.05, 0) is 48.4 Å². The van der Waals surface area contributed by atoms with Gasteiger partial charge >= 0.3 is 0 Å². The van der Waals surface area contributed by atoms with Crippen molar-refractivity contribution >= 4 is 22.4 Å². The van der Waals surface area contributed by atoms with Crippen LogP contribution in [-0.2, 0) is 11.8 Å². The van der Waals surface area contributed by atoms with E-state index in [2.05, 4.69) is 5.32 Å². The largest absolute Gasteiger partial charge is 0.481 e. The summed E-state index contributed by atoms with van der Waals surface area (Å²) in [6, 6.07) is 23.0. The van der Waals surface area contributed by atoms with Gasteiger partial charge in [-0.2, -0.15) is 0 Å². The van der Waals surface area contributed by atoms with Crippen LogP contribution in [0.3, 0.4) is 0 Å². The van der Waals surface area contributed by atoms with Crippen LogP contribution in [0.25, 0.3) is 16.5 Å². The van der Waals surface area contributed by atoms with E-state index in [-0.39, 0.29) is 17.2 Å². The fraction of sp³-hybridized carbons (Fsp3) is 0.200. The standard InChI is InChI=1S/C25H25N3O3/c1-4-22(31-21-15-14-18-10-8-9-11-19(18)16-21)24(29)26-23-17(2)27(3)28(25(23)30)20-12-6-5-7-13-20/h5-16,22H,4H2,1-3H3,(H,26,29)/t22-/m1/s1. The maximum atomic E-state index is 13.0. The lowest BCUT2D eigenvalue weighted by atomic mass is 10.1. The third-order valence-corrected chi connectivity index (χ3v) is 5.46. The van der Waals surface area contributed by atoms with E-state index in [1.54, 1.807) is 11.7 Å². The number of aromatic nitrogens is 2. The molecule has 4 aromatic rings. The molecule has 0 saturated carbocycles. The van der Waals surface area contributed by atoms with E-state index in [9.17, 15) is 9.59 Å². The first kappa shape index (κ1) is 20.5. The molecule has 0 fully saturated rings. The van der Waals surface area contributed by atoms with Crippen molar-refractivity contribution < 1.29 is 9.53 Å². The maximum Gasteiger partial charge on any atom is 0.295 e. The van der Waals surface area contributed by atoms with Crippen molar-refractivity contribution in [2.45, 2.75) is 26.4 Å². The lowest BCUT2D eigenvalue weighted by Crippen LogP contribution is -2.34. The molecule has 0 bridgehead atoms. The Morgan fingerprint density at radius 2 is 1.68 bits per heavy atom. The lowest BCUT2D eigenvalue weighted by molar-refractivity contribution is -0.122. The Morgan fingerprint density at radius 1 is 1.00 bits per heavy atom. The number of rotatable bonds is 6. The molecule has 0 aliphatic rings. The Labute approximate surface area is 180 Å². The third-order valence-electron chi connectivity index (χ3n) is 5.46. The van der Waals surface area contributed by atoms with Gasteiger partial charge in [0, 0.05) is 7.05 Å². The molecule has 0 aliphatic carbocycles. The zero-order valence-electron chi connectivity index (χ0n) is 17.8. The van der Waals surface area contributed by atoms with E-state index in [1.165, 1.54) is 4.68 Å². The van der Waals surface area contributed by atoms with Crippen LogP contribution in [0.15, 0.2) is 77.6 Å². The Kier molecular flexibility index (Phi) is 5.62. The number of hydrogen-bond acceptors (Lipinski definition) is 3. The van der Waals surface area contributed by atoms with E-state index >= 15 is 0 Å². The molecular weight excluding hydrogens is 390 g/mol. The van der Waals surface area contributed by atoms with Crippen LogP contribution in [0.2, 0.25) is 0 Å². The second-order valence-electron chi connectivity index (χ2n) is 7.45. The van der Waals surface area contributed by atoms with Gasteiger partial charge in [0.2, 0.25) is 0 Å². The highest BCUT2D eigenvalue weighted by molar-refractivity contribution is 5.95. The monoisotopic (exact) mass is 415 g/mol. The zero-order chi connectivity index (χ0) is 22.0. The van der Waals surface area contributed by atoms with Gasteiger partial charge in [0.25, 0.3) is 11.5 Å². The number of nitrogens with one attached hydrogen (secondary N) is 1. The van der Waals surface area contributed by atoms with Crippen molar-refractivity contribution in [3.05, 3.63) is 88.8 Å². The van der Waals surface area contributed by atoms with Crippen molar-refractivity contribution in [1.29, 1.82) is 0 Å². The van der Waals surface area contributed by atoms with Crippen molar-refractivity contribution in [3.8, 4) is 11.4 Å². The first-order chi connectivity index (χ1) is 15.0. The van der Waals surface area contributed by atoms with E-state index in [0.29, 0.717) is 17.9 Å². The number of amides is 1. The fourth-order valence-corrected chi connectivity index (χ4v) is 3.64. The highest BCUT2D eigenvalue weighted by Crippen LogP contribution is 2.22. The zero-order valence-corrected chi connectivity index (χ0v) is 17.8. The molecule has 1 N–H and O–H groups in total. The Hall–Kier alpha value is -3.80. The van der Waals surface area contributed by atoms with Crippen LogP contribution in [0.1, 0.15) is 19.0 Å². The highest BCUT2D eigenvalue weighted by Gasteiger charge is 2.23.